The highest BCUT2D eigenvalue weighted by atomic mass is 16.5. The second kappa shape index (κ2) is 7.54. The van der Waals surface area contributed by atoms with Crippen LogP contribution in [0, 0.1) is 0 Å². The molecule has 106 valence electrons. The van der Waals surface area contributed by atoms with Crippen molar-refractivity contribution in [3.63, 3.8) is 0 Å². The van der Waals surface area contributed by atoms with Crippen molar-refractivity contribution in [3.8, 4) is 5.75 Å². The van der Waals surface area contributed by atoms with Crippen LogP contribution < -0.4 is 0 Å². The van der Waals surface area contributed by atoms with E-state index in [0.717, 1.165) is 24.8 Å². The zero-order valence-corrected chi connectivity index (χ0v) is 12.0. The molecule has 1 fully saturated rings. The van der Waals surface area contributed by atoms with E-state index >= 15 is 0 Å². The molecule has 1 aliphatic rings. The van der Waals surface area contributed by atoms with Crippen molar-refractivity contribution >= 4 is 0 Å². The smallest absolute Gasteiger partial charge is 0.121 e. The molecule has 1 aromatic rings. The maximum atomic E-state index is 10.0. The molecule has 0 saturated heterocycles. The van der Waals surface area contributed by atoms with Gasteiger partial charge in [0.1, 0.15) is 5.75 Å². The molecule has 1 aliphatic carbocycles. The fourth-order valence-corrected chi connectivity index (χ4v) is 2.88. The van der Waals surface area contributed by atoms with Gasteiger partial charge in [-0.25, -0.2) is 0 Å². The minimum absolute atomic E-state index is 0.0595. The second-order valence-corrected chi connectivity index (χ2v) is 5.59. The summed E-state index contributed by atoms with van der Waals surface area (Å²) in [7, 11) is 0. The Hall–Kier alpha value is -1.02. The molecule has 1 aromatic carbocycles. The third-order valence-electron chi connectivity index (χ3n) is 4.01. The normalized spacial score (nSPS) is 18.4. The monoisotopic (exact) mass is 262 g/mol. The molecule has 1 N–H and O–H groups in total. The quantitative estimate of drug-likeness (QED) is 0.784. The Bertz CT molecular complexity index is 369. The molecule has 2 heteroatoms. The first kappa shape index (κ1) is 14.4. The molecule has 0 amide bonds. The van der Waals surface area contributed by atoms with E-state index in [0.29, 0.717) is 11.9 Å². The van der Waals surface area contributed by atoms with Gasteiger partial charge in [0.2, 0.25) is 0 Å². The van der Waals surface area contributed by atoms with E-state index in [1.807, 2.05) is 18.2 Å². The summed E-state index contributed by atoms with van der Waals surface area (Å²) in [4.78, 5) is 0. The van der Waals surface area contributed by atoms with E-state index in [9.17, 15) is 5.11 Å². The Labute approximate surface area is 116 Å². The van der Waals surface area contributed by atoms with Crippen LogP contribution in [0.2, 0.25) is 0 Å². The highest BCUT2D eigenvalue weighted by Crippen LogP contribution is 2.34. The van der Waals surface area contributed by atoms with E-state index in [2.05, 4.69) is 6.92 Å². The molecular weight excluding hydrogens is 236 g/mol. The van der Waals surface area contributed by atoms with Gasteiger partial charge in [0, 0.05) is 5.56 Å². The van der Waals surface area contributed by atoms with Gasteiger partial charge in [0.05, 0.1) is 12.2 Å². The van der Waals surface area contributed by atoms with Gasteiger partial charge in [0.25, 0.3) is 0 Å². The van der Waals surface area contributed by atoms with Crippen LogP contribution in [0.5, 0.6) is 5.75 Å². The molecule has 0 bridgehead atoms. The third-order valence-corrected chi connectivity index (χ3v) is 4.01. The maximum Gasteiger partial charge on any atom is 0.121 e. The fraction of sp³-hybridized carbons (Fsp3) is 0.647. The number of rotatable bonds is 6. The van der Waals surface area contributed by atoms with Crippen molar-refractivity contribution < 1.29 is 9.84 Å². The number of ether oxygens (including phenoxy) is 1. The van der Waals surface area contributed by atoms with Crippen LogP contribution in [0.15, 0.2) is 24.3 Å². The average Bonchev–Trinajstić information content (AvgIpc) is 2.45. The first-order valence-corrected chi connectivity index (χ1v) is 7.74. The van der Waals surface area contributed by atoms with Crippen molar-refractivity contribution in [1.82, 2.24) is 0 Å². The van der Waals surface area contributed by atoms with E-state index in [-0.39, 0.29) is 6.10 Å². The Balaban J connectivity index is 2.04. The summed E-state index contributed by atoms with van der Waals surface area (Å²) in [5.41, 5.74) is 0.960. The maximum absolute atomic E-state index is 10.0. The van der Waals surface area contributed by atoms with E-state index in [1.165, 1.54) is 32.1 Å². The third kappa shape index (κ3) is 4.24. The van der Waals surface area contributed by atoms with E-state index in [1.54, 1.807) is 6.07 Å². The standard InChI is InChI=1S/C17H26O2/c1-2-3-13-17(15-11-7-8-12-16(15)18)19-14-9-5-4-6-10-14/h7-8,11-12,14,17-18H,2-6,9-10,13H2,1H3. The summed E-state index contributed by atoms with van der Waals surface area (Å²) in [6.07, 6.45) is 10.0. The van der Waals surface area contributed by atoms with Crippen molar-refractivity contribution in [2.24, 2.45) is 0 Å². The summed E-state index contributed by atoms with van der Waals surface area (Å²) in [6.45, 7) is 2.20. The van der Waals surface area contributed by atoms with Crippen LogP contribution in [-0.2, 0) is 4.74 Å². The number of para-hydroxylation sites is 1. The number of hydrogen-bond acceptors (Lipinski definition) is 2. The largest absolute Gasteiger partial charge is 0.508 e. The summed E-state index contributed by atoms with van der Waals surface area (Å²) in [5.74, 6) is 0.374. The number of hydrogen-bond donors (Lipinski definition) is 1. The summed E-state index contributed by atoms with van der Waals surface area (Å²) in [5, 5.41) is 10.0. The first-order chi connectivity index (χ1) is 9.31. The molecule has 1 saturated carbocycles. The van der Waals surface area contributed by atoms with Crippen LogP contribution in [0.1, 0.15) is 70.0 Å². The van der Waals surface area contributed by atoms with Crippen LogP contribution in [0.25, 0.3) is 0 Å². The number of phenols is 1. The first-order valence-electron chi connectivity index (χ1n) is 7.74. The molecule has 19 heavy (non-hydrogen) atoms. The summed E-state index contributed by atoms with van der Waals surface area (Å²) >= 11 is 0. The lowest BCUT2D eigenvalue weighted by Gasteiger charge is -2.28. The predicted octanol–water partition coefficient (Wildman–Crippen LogP) is 4.97. The minimum Gasteiger partial charge on any atom is -0.508 e. The van der Waals surface area contributed by atoms with Crippen molar-refractivity contribution in [1.29, 1.82) is 0 Å². The number of benzene rings is 1. The molecule has 0 radical (unpaired) electrons. The molecule has 1 atom stereocenters. The lowest BCUT2D eigenvalue weighted by atomic mass is 9.96. The Kier molecular flexibility index (Phi) is 5.71. The van der Waals surface area contributed by atoms with Crippen LogP contribution in [-0.4, -0.2) is 11.2 Å². The zero-order chi connectivity index (χ0) is 13.5. The molecule has 0 aromatic heterocycles. The second-order valence-electron chi connectivity index (χ2n) is 5.59. The van der Waals surface area contributed by atoms with Gasteiger partial charge < -0.3 is 9.84 Å². The average molecular weight is 262 g/mol. The van der Waals surface area contributed by atoms with Gasteiger partial charge in [-0.05, 0) is 25.3 Å². The topological polar surface area (TPSA) is 29.5 Å². The van der Waals surface area contributed by atoms with Crippen molar-refractivity contribution in [3.05, 3.63) is 29.8 Å². The Morgan fingerprint density at radius 3 is 2.63 bits per heavy atom. The van der Waals surface area contributed by atoms with Gasteiger partial charge in [0.15, 0.2) is 0 Å². The van der Waals surface area contributed by atoms with Crippen LogP contribution in [0.4, 0.5) is 0 Å². The van der Waals surface area contributed by atoms with Crippen LogP contribution in [0.3, 0.4) is 0 Å². The molecule has 0 heterocycles. The van der Waals surface area contributed by atoms with Gasteiger partial charge >= 0.3 is 0 Å². The summed E-state index contributed by atoms with van der Waals surface area (Å²) in [6, 6.07) is 7.62. The van der Waals surface area contributed by atoms with Gasteiger partial charge in [-0.1, -0.05) is 57.2 Å². The molecular formula is C17H26O2. The minimum atomic E-state index is 0.0595. The molecule has 2 nitrogen and oxygen atoms in total. The predicted molar refractivity (Wildman–Crippen MR) is 78.3 cm³/mol. The molecule has 1 unspecified atom stereocenters. The Morgan fingerprint density at radius 2 is 1.95 bits per heavy atom. The molecule has 0 aliphatic heterocycles. The SMILES string of the molecule is CCCCC(OC1CCCCC1)c1ccccc1O. The summed E-state index contributed by atoms with van der Waals surface area (Å²) < 4.78 is 6.30. The lowest BCUT2D eigenvalue weighted by Crippen LogP contribution is -2.20. The van der Waals surface area contributed by atoms with Gasteiger partial charge in [-0.2, -0.15) is 0 Å². The van der Waals surface area contributed by atoms with Gasteiger partial charge in [-0.15, -0.1) is 0 Å². The van der Waals surface area contributed by atoms with Crippen molar-refractivity contribution in [2.75, 3.05) is 0 Å². The number of phenolic OH excluding ortho intramolecular Hbond substituents is 1. The van der Waals surface area contributed by atoms with Gasteiger partial charge in [-0.3, -0.25) is 0 Å². The zero-order valence-electron chi connectivity index (χ0n) is 12.0. The van der Waals surface area contributed by atoms with E-state index < -0.39 is 0 Å². The highest BCUT2D eigenvalue weighted by molar-refractivity contribution is 5.33. The number of unbranched alkanes of at least 4 members (excludes halogenated alkanes) is 1. The highest BCUT2D eigenvalue weighted by Gasteiger charge is 2.21. The fourth-order valence-electron chi connectivity index (χ4n) is 2.88. The molecule has 2 rings (SSSR count). The lowest BCUT2D eigenvalue weighted by molar-refractivity contribution is -0.0369. The number of aromatic hydroxyl groups is 1. The van der Waals surface area contributed by atoms with Crippen molar-refractivity contribution in [2.45, 2.75) is 70.5 Å². The Morgan fingerprint density at radius 1 is 1.21 bits per heavy atom. The molecule has 0 spiro atoms. The van der Waals surface area contributed by atoms with E-state index in [4.69, 9.17) is 4.74 Å². The van der Waals surface area contributed by atoms with Crippen LogP contribution >= 0.6 is 0 Å².